The summed E-state index contributed by atoms with van der Waals surface area (Å²) in [6, 6.07) is 0. The van der Waals surface area contributed by atoms with Crippen LogP contribution in [0.3, 0.4) is 0 Å². The lowest BCUT2D eigenvalue weighted by Gasteiger charge is -2.25. The quantitative estimate of drug-likeness (QED) is 0.0211. The molecule has 0 rings (SSSR count). The van der Waals surface area contributed by atoms with Gasteiger partial charge in [0, 0.05) is 12.8 Å². The molecule has 0 aliphatic rings. The number of allylic oxidation sites excluding steroid dienone is 16. The van der Waals surface area contributed by atoms with E-state index in [-0.39, 0.29) is 32.2 Å². The zero-order valence-corrected chi connectivity index (χ0v) is 52.5. The molecule has 0 aromatic heterocycles. The molecule has 0 aliphatic heterocycles. The third-order valence-electron chi connectivity index (χ3n) is 14.1. The van der Waals surface area contributed by atoms with E-state index in [4.69, 9.17) is 18.9 Å². The molecule has 2 unspecified atom stereocenters. The molecule has 0 amide bonds. The highest BCUT2D eigenvalue weighted by atomic mass is 16.7. The highest BCUT2D eigenvalue weighted by Gasteiger charge is 2.25. The van der Waals surface area contributed by atoms with Gasteiger partial charge in [-0.05, 0) is 77.0 Å². The first-order valence-corrected chi connectivity index (χ1v) is 32.9. The number of ether oxygens (including phenoxy) is 4. The van der Waals surface area contributed by atoms with Crippen molar-refractivity contribution in [2.45, 2.75) is 289 Å². The van der Waals surface area contributed by atoms with Gasteiger partial charge in [-0.3, -0.25) is 9.59 Å². The molecule has 0 heterocycles. The molecule has 460 valence electrons. The zero-order valence-electron chi connectivity index (χ0n) is 52.5. The summed E-state index contributed by atoms with van der Waals surface area (Å²) in [6.45, 7) is 4.79. The van der Waals surface area contributed by atoms with Crippen LogP contribution in [0.1, 0.15) is 277 Å². The van der Waals surface area contributed by atoms with Gasteiger partial charge in [0.05, 0.1) is 34.4 Å². The third kappa shape index (κ3) is 61.8. The number of carboxylic acid groups (broad SMARTS) is 1. The second-order valence-corrected chi connectivity index (χ2v) is 23.1. The van der Waals surface area contributed by atoms with Gasteiger partial charge in [-0.15, -0.1) is 0 Å². The van der Waals surface area contributed by atoms with Crippen LogP contribution in [-0.4, -0.2) is 87.4 Å². The molecule has 9 heteroatoms. The van der Waals surface area contributed by atoms with E-state index in [1.54, 1.807) is 0 Å². The smallest absolute Gasteiger partial charge is 0.361 e. The Morgan fingerprint density at radius 3 is 1.06 bits per heavy atom. The van der Waals surface area contributed by atoms with Gasteiger partial charge >= 0.3 is 17.9 Å². The van der Waals surface area contributed by atoms with Crippen LogP contribution in [0.15, 0.2) is 97.2 Å². The predicted octanol–water partition coefficient (Wildman–Crippen LogP) is 20.1. The molecule has 0 bridgehead atoms. The second kappa shape index (κ2) is 61.3. The number of carboxylic acids is 1. The molecule has 0 fully saturated rings. The Hall–Kier alpha value is -3.79. The number of unbranched alkanes of at least 4 members (excludes halogenated alkanes) is 29. The summed E-state index contributed by atoms with van der Waals surface area (Å²) in [7, 11) is 5.97. The largest absolute Gasteiger partial charge is 0.477 e. The number of esters is 2. The average Bonchev–Trinajstić information content (AvgIpc) is 3.43. The lowest BCUT2D eigenvalue weighted by molar-refractivity contribution is -0.870. The number of nitrogens with zero attached hydrogens (tertiary/aromatic N) is 1. The van der Waals surface area contributed by atoms with Crippen molar-refractivity contribution in [3.05, 3.63) is 97.2 Å². The van der Waals surface area contributed by atoms with Gasteiger partial charge in [0.15, 0.2) is 6.10 Å². The predicted molar refractivity (Wildman–Crippen MR) is 341 cm³/mol. The lowest BCUT2D eigenvalue weighted by Crippen LogP contribution is -2.40. The summed E-state index contributed by atoms with van der Waals surface area (Å²) in [5.41, 5.74) is 0. The van der Waals surface area contributed by atoms with Crippen molar-refractivity contribution in [2.75, 3.05) is 47.5 Å². The summed E-state index contributed by atoms with van der Waals surface area (Å²) >= 11 is 0. The molecule has 0 saturated carbocycles. The fraction of sp³-hybridized carbons (Fsp3) is 0.732. The minimum atomic E-state index is -1.51. The Bertz CT molecular complexity index is 1630. The van der Waals surface area contributed by atoms with Crippen molar-refractivity contribution in [3.8, 4) is 0 Å². The van der Waals surface area contributed by atoms with Crippen molar-refractivity contribution in [2.24, 2.45) is 0 Å². The van der Waals surface area contributed by atoms with Crippen molar-refractivity contribution >= 4 is 17.9 Å². The standard InChI is InChI=1S/C71H123NO8/c1-6-8-10-12-14-16-18-20-22-24-26-27-28-29-30-31-32-33-34-35-36-37-38-39-40-41-42-43-44-46-48-50-52-54-56-58-60-62-69(74)80-67(66-79-71(70(75)76)77-64-63-72(3,4)5)65-78-68(73)61-59-57-55-53-51-49-47-45-25-23-21-19-17-15-13-11-9-7-2/h8,10,14,16,20,22,26-27,29-30,32-33,35-36,38-39,67,71H,6-7,9,11-13,15,17-19,21,23-25,28,31,34,37,40-66H2,1-5H3/p+1/b10-8-,16-14-,22-20-,27-26-,30-29-,33-32-,36-35-,39-38-. The van der Waals surface area contributed by atoms with Gasteiger partial charge in [-0.2, -0.15) is 0 Å². The van der Waals surface area contributed by atoms with Crippen molar-refractivity contribution in [1.82, 2.24) is 0 Å². The van der Waals surface area contributed by atoms with Gasteiger partial charge in [-0.25, -0.2) is 4.79 Å². The number of hydrogen-bond acceptors (Lipinski definition) is 7. The normalized spacial score (nSPS) is 13.4. The van der Waals surface area contributed by atoms with Crippen LogP contribution in [0, 0.1) is 0 Å². The van der Waals surface area contributed by atoms with Crippen LogP contribution < -0.4 is 0 Å². The van der Waals surface area contributed by atoms with Gasteiger partial charge in [0.25, 0.3) is 6.29 Å². The number of carbonyl (C=O) groups excluding carboxylic acids is 2. The molecule has 0 aromatic carbocycles. The van der Waals surface area contributed by atoms with Gasteiger partial charge in [0.2, 0.25) is 0 Å². The first-order valence-electron chi connectivity index (χ1n) is 32.9. The van der Waals surface area contributed by atoms with Gasteiger partial charge < -0.3 is 28.5 Å². The summed E-state index contributed by atoms with van der Waals surface area (Å²) < 4.78 is 22.9. The van der Waals surface area contributed by atoms with Crippen molar-refractivity contribution < 1.29 is 42.9 Å². The number of aliphatic carboxylic acids is 1. The molecule has 0 aliphatic carbocycles. The number of quaternary nitrogens is 1. The third-order valence-corrected chi connectivity index (χ3v) is 14.1. The van der Waals surface area contributed by atoms with Crippen LogP contribution in [0.5, 0.6) is 0 Å². The molecular formula is C71H124NO8+. The van der Waals surface area contributed by atoms with E-state index in [0.717, 1.165) is 89.9 Å². The minimum absolute atomic E-state index is 0.183. The summed E-state index contributed by atoms with van der Waals surface area (Å²) in [5.74, 6) is -2.00. The molecule has 80 heavy (non-hydrogen) atoms. The summed E-state index contributed by atoms with van der Waals surface area (Å²) in [6.07, 6.45) is 80.7. The van der Waals surface area contributed by atoms with E-state index in [1.807, 2.05) is 21.1 Å². The Labute approximate surface area is 492 Å². The van der Waals surface area contributed by atoms with E-state index >= 15 is 0 Å². The summed E-state index contributed by atoms with van der Waals surface area (Å²) in [5, 5.41) is 9.72. The Balaban J connectivity index is 4.13. The van der Waals surface area contributed by atoms with E-state index in [1.165, 1.54) is 154 Å². The molecule has 1 N–H and O–H groups in total. The van der Waals surface area contributed by atoms with Crippen LogP contribution in [0.2, 0.25) is 0 Å². The van der Waals surface area contributed by atoms with E-state index in [2.05, 4.69) is 111 Å². The van der Waals surface area contributed by atoms with Crippen LogP contribution in [0.25, 0.3) is 0 Å². The molecular weight excluding hydrogens is 995 g/mol. The monoisotopic (exact) mass is 1120 g/mol. The Kier molecular flexibility index (Phi) is 58.4. The highest BCUT2D eigenvalue weighted by Crippen LogP contribution is 2.17. The topological polar surface area (TPSA) is 108 Å². The molecule has 0 saturated heterocycles. The van der Waals surface area contributed by atoms with Gasteiger partial charge in [0.1, 0.15) is 13.2 Å². The maximum absolute atomic E-state index is 12.9. The van der Waals surface area contributed by atoms with Crippen LogP contribution in [0.4, 0.5) is 0 Å². The maximum atomic E-state index is 12.9. The number of carbonyl (C=O) groups is 3. The highest BCUT2D eigenvalue weighted by molar-refractivity contribution is 5.71. The molecule has 2 atom stereocenters. The molecule has 9 nitrogen and oxygen atoms in total. The fourth-order valence-corrected chi connectivity index (χ4v) is 9.09. The maximum Gasteiger partial charge on any atom is 0.361 e. The zero-order chi connectivity index (χ0) is 58.3. The van der Waals surface area contributed by atoms with E-state index in [0.29, 0.717) is 23.9 Å². The molecule has 0 aromatic rings. The first kappa shape index (κ1) is 76.2. The second-order valence-electron chi connectivity index (χ2n) is 23.1. The SMILES string of the molecule is CC/C=C\C/C=C\C/C=C\C/C=C\C/C=C\C/C=C\C/C=C\C/C=C\CCCCCCCCCCCCCCC(=O)OC(COC(=O)CCCCCCCCCCCCCCCCCCCC)COC(OCC[N+](C)(C)C)C(=O)O. The Morgan fingerprint density at radius 2 is 0.713 bits per heavy atom. The fourth-order valence-electron chi connectivity index (χ4n) is 9.09. The van der Waals surface area contributed by atoms with Crippen molar-refractivity contribution in [3.63, 3.8) is 0 Å². The summed E-state index contributed by atoms with van der Waals surface area (Å²) in [4.78, 5) is 37.5. The van der Waals surface area contributed by atoms with Crippen LogP contribution >= 0.6 is 0 Å². The first-order chi connectivity index (χ1) is 39.1. The minimum Gasteiger partial charge on any atom is -0.477 e. The van der Waals surface area contributed by atoms with Crippen LogP contribution in [-0.2, 0) is 33.3 Å². The Morgan fingerprint density at radius 1 is 0.388 bits per heavy atom. The number of hydrogen-bond donors (Lipinski definition) is 1. The van der Waals surface area contributed by atoms with Crippen molar-refractivity contribution in [1.29, 1.82) is 0 Å². The average molecular weight is 1120 g/mol. The molecule has 0 spiro atoms. The van der Waals surface area contributed by atoms with E-state index < -0.39 is 24.3 Å². The van der Waals surface area contributed by atoms with Gasteiger partial charge in [-0.1, -0.05) is 284 Å². The number of rotatable bonds is 60. The number of likely N-dealkylation sites (N-methyl/N-ethyl adjacent to an activating group) is 1. The van der Waals surface area contributed by atoms with E-state index in [9.17, 15) is 19.5 Å². The molecule has 0 radical (unpaired) electrons. The lowest BCUT2D eigenvalue weighted by atomic mass is 10.0.